The third kappa shape index (κ3) is 7.11. The van der Waals surface area contributed by atoms with Crippen LogP contribution in [0.25, 0.3) is 5.70 Å². The Morgan fingerprint density at radius 3 is 2.44 bits per heavy atom. The van der Waals surface area contributed by atoms with Crippen molar-refractivity contribution in [3.05, 3.63) is 47.3 Å². The Kier molecular flexibility index (Phi) is 9.42. The van der Waals surface area contributed by atoms with Gasteiger partial charge in [-0.3, -0.25) is 0 Å². The standard InChI is InChI=1S/C32H50BN5O4Si/c1-11-21-16-24(40-43(9,10)30(2,3)4)12-13-26(21)38-29(35)25(18-34)28(37-23-14-15-39-20-23)27-17-22(19-36-27)33-41-31(5,6)32(7,8)42-33/h12-13,16-19,23,34,36-37H,11,14-15,20H2,1-10H3,(H2,35,38)/b28-25-,34-18?/t23-/m0/s1. The molecule has 4 rings (SSSR count). The third-order valence-corrected chi connectivity index (χ3v) is 13.7. The second-order valence-electron chi connectivity index (χ2n) is 14.1. The van der Waals surface area contributed by atoms with E-state index in [0.717, 1.165) is 41.0 Å². The molecule has 2 aromatic rings. The summed E-state index contributed by atoms with van der Waals surface area (Å²) < 4.78 is 24.7. The number of aliphatic imine (C=N–C) groups is 1. The summed E-state index contributed by atoms with van der Waals surface area (Å²) in [7, 11) is -2.50. The summed E-state index contributed by atoms with van der Waals surface area (Å²) in [6.07, 6.45) is 4.76. The SMILES string of the molecule is CCc1cc(O[Si](C)(C)C(C)(C)C)ccc1/N=C(N)/C(C=N)=C(\N[C@H]1CCOC1)c1cc(B2OC(C)(C)C(C)(C)O2)c[nH]1. The molecule has 2 aliphatic heterocycles. The van der Waals surface area contributed by atoms with Crippen LogP contribution in [0.3, 0.4) is 0 Å². The molecule has 234 valence electrons. The number of nitrogens with two attached hydrogens (primary N) is 1. The van der Waals surface area contributed by atoms with Gasteiger partial charge in [0.2, 0.25) is 8.32 Å². The van der Waals surface area contributed by atoms with E-state index in [1.807, 2.05) is 52.1 Å². The van der Waals surface area contributed by atoms with Crippen LogP contribution in [0.2, 0.25) is 18.1 Å². The Labute approximate surface area is 258 Å². The van der Waals surface area contributed by atoms with Gasteiger partial charge in [0.1, 0.15) is 11.6 Å². The van der Waals surface area contributed by atoms with Gasteiger partial charge in [0.15, 0.2) is 0 Å². The highest BCUT2D eigenvalue weighted by molar-refractivity contribution is 6.74. The molecule has 5 N–H and O–H groups in total. The molecule has 0 saturated carbocycles. The van der Waals surface area contributed by atoms with Gasteiger partial charge in [-0.1, -0.05) is 27.7 Å². The zero-order chi connectivity index (χ0) is 31.8. The highest BCUT2D eigenvalue weighted by Crippen LogP contribution is 2.39. The summed E-state index contributed by atoms with van der Waals surface area (Å²) in [5.74, 6) is 1.10. The molecule has 0 amide bonds. The first-order chi connectivity index (χ1) is 20.0. The van der Waals surface area contributed by atoms with Crippen LogP contribution < -0.4 is 20.9 Å². The molecule has 0 unspecified atom stereocenters. The summed E-state index contributed by atoms with van der Waals surface area (Å²) in [5.41, 5.74) is 10.4. The topological polar surface area (TPSA) is 127 Å². The summed E-state index contributed by atoms with van der Waals surface area (Å²) in [6, 6.07) is 8.06. The van der Waals surface area contributed by atoms with Gasteiger partial charge in [0, 0.05) is 24.5 Å². The van der Waals surface area contributed by atoms with Crippen molar-refractivity contribution in [2.45, 2.75) is 104 Å². The molecule has 3 heterocycles. The fraction of sp³-hybridized carbons (Fsp3) is 0.562. The van der Waals surface area contributed by atoms with Crippen molar-refractivity contribution in [2.24, 2.45) is 10.7 Å². The van der Waals surface area contributed by atoms with Gasteiger partial charge in [-0.05, 0) is 88.5 Å². The van der Waals surface area contributed by atoms with Crippen molar-refractivity contribution in [1.82, 2.24) is 10.3 Å². The number of ether oxygens (including phenoxy) is 1. The molecule has 0 radical (unpaired) electrons. The number of benzene rings is 1. The van der Waals surface area contributed by atoms with E-state index in [2.05, 4.69) is 57.2 Å². The molecule has 43 heavy (non-hydrogen) atoms. The second-order valence-corrected chi connectivity index (χ2v) is 18.8. The van der Waals surface area contributed by atoms with Gasteiger partial charge in [-0.2, -0.15) is 0 Å². The Balaban J connectivity index is 1.70. The lowest BCUT2D eigenvalue weighted by Gasteiger charge is -2.36. The van der Waals surface area contributed by atoms with Crippen molar-refractivity contribution in [1.29, 1.82) is 5.41 Å². The highest BCUT2D eigenvalue weighted by atomic mass is 28.4. The first-order valence-corrected chi connectivity index (χ1v) is 18.2. The molecule has 2 aliphatic rings. The zero-order valence-electron chi connectivity index (χ0n) is 27.6. The predicted molar refractivity (Wildman–Crippen MR) is 179 cm³/mol. The molecule has 2 fully saturated rings. The van der Waals surface area contributed by atoms with Crippen LogP contribution in [0.4, 0.5) is 5.69 Å². The molecular weight excluding hydrogens is 557 g/mol. The second kappa shape index (κ2) is 12.3. The van der Waals surface area contributed by atoms with E-state index in [-0.39, 0.29) is 16.9 Å². The predicted octanol–water partition coefficient (Wildman–Crippen LogP) is 5.69. The van der Waals surface area contributed by atoms with Gasteiger partial charge in [-0.25, -0.2) is 4.99 Å². The fourth-order valence-corrected chi connectivity index (χ4v) is 5.78. The maximum absolute atomic E-state index is 8.38. The molecule has 1 aromatic carbocycles. The number of hydrogen-bond donors (Lipinski definition) is 4. The number of nitrogens with one attached hydrogen (secondary N) is 3. The Bertz CT molecular complexity index is 1370. The number of rotatable bonds is 10. The number of nitrogens with zero attached hydrogens (tertiary/aromatic N) is 1. The molecule has 0 aliphatic carbocycles. The molecule has 0 spiro atoms. The molecule has 11 heteroatoms. The quantitative estimate of drug-likeness (QED) is 0.156. The van der Waals surface area contributed by atoms with Crippen LogP contribution >= 0.6 is 0 Å². The smallest absolute Gasteiger partial charge is 0.496 e. The molecule has 0 bridgehead atoms. The average Bonchev–Trinajstić information content (AvgIpc) is 3.64. The first-order valence-electron chi connectivity index (χ1n) is 15.3. The van der Waals surface area contributed by atoms with E-state index in [9.17, 15) is 0 Å². The minimum Gasteiger partial charge on any atom is -0.543 e. The van der Waals surface area contributed by atoms with Crippen molar-refractivity contribution in [3.8, 4) is 5.75 Å². The lowest BCUT2D eigenvalue weighted by atomic mass is 9.81. The van der Waals surface area contributed by atoms with E-state index < -0.39 is 26.6 Å². The number of hydrogen-bond acceptors (Lipinski definition) is 7. The fourth-order valence-electron chi connectivity index (χ4n) is 4.75. The summed E-state index contributed by atoms with van der Waals surface area (Å²) in [6.45, 7) is 22.7. The summed E-state index contributed by atoms with van der Waals surface area (Å²) in [4.78, 5) is 8.20. The van der Waals surface area contributed by atoms with E-state index >= 15 is 0 Å². The minimum atomic E-state index is -1.99. The highest BCUT2D eigenvalue weighted by Gasteiger charge is 2.52. The van der Waals surface area contributed by atoms with E-state index in [1.54, 1.807) is 0 Å². The maximum Gasteiger partial charge on any atom is 0.496 e. The molecule has 1 aromatic heterocycles. The van der Waals surface area contributed by atoms with Crippen LogP contribution in [0.1, 0.15) is 73.1 Å². The molecule has 2 saturated heterocycles. The van der Waals surface area contributed by atoms with E-state index in [4.69, 9.17) is 34.6 Å². The average molecular weight is 608 g/mol. The Morgan fingerprint density at radius 2 is 1.88 bits per heavy atom. The lowest BCUT2D eigenvalue weighted by Crippen LogP contribution is -2.43. The molecule has 9 nitrogen and oxygen atoms in total. The van der Waals surface area contributed by atoms with Crippen LogP contribution in [0, 0.1) is 5.41 Å². The van der Waals surface area contributed by atoms with Crippen LogP contribution in [0.15, 0.2) is 41.0 Å². The summed E-state index contributed by atoms with van der Waals surface area (Å²) in [5, 5.41) is 12.1. The number of aromatic amines is 1. The lowest BCUT2D eigenvalue weighted by molar-refractivity contribution is 0.00578. The van der Waals surface area contributed by atoms with Crippen molar-refractivity contribution in [2.75, 3.05) is 13.2 Å². The van der Waals surface area contributed by atoms with Crippen LogP contribution in [-0.4, -0.2) is 62.9 Å². The minimum absolute atomic E-state index is 0.0827. The number of H-pyrrole nitrogens is 1. The molecule has 1 atom stereocenters. The van der Waals surface area contributed by atoms with Crippen molar-refractivity contribution < 1.29 is 18.5 Å². The molecular formula is C32H50BN5O4Si. The third-order valence-electron chi connectivity index (χ3n) is 9.32. The van der Waals surface area contributed by atoms with Gasteiger partial charge < -0.3 is 39.9 Å². The largest absolute Gasteiger partial charge is 0.543 e. The Morgan fingerprint density at radius 1 is 1.21 bits per heavy atom. The summed E-state index contributed by atoms with van der Waals surface area (Å²) >= 11 is 0. The van der Waals surface area contributed by atoms with E-state index in [0.29, 0.717) is 24.5 Å². The Hall–Kier alpha value is -2.86. The number of amidine groups is 1. The van der Waals surface area contributed by atoms with Gasteiger partial charge in [0.05, 0.1) is 46.5 Å². The van der Waals surface area contributed by atoms with Gasteiger partial charge >= 0.3 is 7.12 Å². The van der Waals surface area contributed by atoms with Gasteiger partial charge in [-0.15, -0.1) is 0 Å². The maximum atomic E-state index is 8.38. The van der Waals surface area contributed by atoms with Gasteiger partial charge in [0.25, 0.3) is 0 Å². The van der Waals surface area contributed by atoms with E-state index in [1.165, 1.54) is 6.21 Å². The number of aryl methyl sites for hydroxylation is 1. The van der Waals surface area contributed by atoms with Crippen molar-refractivity contribution in [3.63, 3.8) is 0 Å². The monoisotopic (exact) mass is 607 g/mol. The van der Waals surface area contributed by atoms with Crippen LogP contribution in [0.5, 0.6) is 5.75 Å². The normalized spacial score (nSPS) is 21.1. The van der Waals surface area contributed by atoms with Crippen LogP contribution in [-0.2, 0) is 20.5 Å². The van der Waals surface area contributed by atoms with Crippen molar-refractivity contribution >= 4 is 44.3 Å². The first kappa shape index (κ1) is 33.0. The number of aromatic nitrogens is 1. The zero-order valence-corrected chi connectivity index (χ0v) is 28.6.